The average molecular weight is 275 g/mol. The van der Waals surface area contributed by atoms with Crippen LogP contribution in [-0.2, 0) is 6.42 Å². The maximum absolute atomic E-state index is 3.95. The predicted molar refractivity (Wildman–Crippen MR) is 84.8 cm³/mol. The van der Waals surface area contributed by atoms with Crippen molar-refractivity contribution in [2.75, 3.05) is 5.75 Å². The lowest BCUT2D eigenvalue weighted by molar-refractivity contribution is 0.397. The molecule has 1 saturated carbocycles. The average Bonchev–Trinajstić information content (AvgIpc) is 2.87. The van der Waals surface area contributed by atoms with Crippen LogP contribution in [0.1, 0.15) is 56.2 Å². The van der Waals surface area contributed by atoms with E-state index in [9.17, 15) is 0 Å². The zero-order valence-corrected chi connectivity index (χ0v) is 12.7. The highest BCUT2D eigenvalue weighted by atomic mass is 32.2. The predicted octanol–water partition coefficient (Wildman–Crippen LogP) is 4.33. The van der Waals surface area contributed by atoms with E-state index in [4.69, 9.17) is 0 Å². The second kappa shape index (κ2) is 6.32. The number of fused-ring (bicyclic) bond motifs is 1. The van der Waals surface area contributed by atoms with Crippen LogP contribution < -0.4 is 5.32 Å². The van der Waals surface area contributed by atoms with Gasteiger partial charge in [0.15, 0.2) is 0 Å². The van der Waals surface area contributed by atoms with Gasteiger partial charge in [0.05, 0.1) is 0 Å². The van der Waals surface area contributed by atoms with Gasteiger partial charge in [-0.05, 0) is 55.4 Å². The minimum Gasteiger partial charge on any atom is -0.307 e. The number of nitrogens with one attached hydrogen (secondary N) is 1. The first kappa shape index (κ1) is 13.5. The summed E-state index contributed by atoms with van der Waals surface area (Å²) in [5.74, 6) is 1.27. The standard InChI is InChI=1S/C17H25NS/c1-2-19-15-11-10-14(12-15)18-17-9-5-7-13-6-3-4-8-16(13)17/h3-4,6,8,14-15,17-18H,2,5,7,9-12H2,1H3. The molecule has 1 aromatic carbocycles. The second-order valence-corrected chi connectivity index (χ2v) is 7.47. The number of aryl methyl sites for hydroxylation is 1. The Balaban J connectivity index is 1.62. The van der Waals surface area contributed by atoms with E-state index in [-0.39, 0.29) is 0 Å². The molecule has 0 spiro atoms. The van der Waals surface area contributed by atoms with Crippen LogP contribution in [0, 0.1) is 0 Å². The van der Waals surface area contributed by atoms with Crippen LogP contribution in [0.25, 0.3) is 0 Å². The molecule has 0 heterocycles. The van der Waals surface area contributed by atoms with Crippen molar-refractivity contribution in [2.24, 2.45) is 0 Å². The van der Waals surface area contributed by atoms with Crippen molar-refractivity contribution in [3.8, 4) is 0 Å². The molecule has 0 aliphatic heterocycles. The topological polar surface area (TPSA) is 12.0 Å². The first-order valence-electron chi connectivity index (χ1n) is 7.82. The number of rotatable bonds is 4. The van der Waals surface area contributed by atoms with Gasteiger partial charge in [0.25, 0.3) is 0 Å². The van der Waals surface area contributed by atoms with Crippen molar-refractivity contribution in [1.82, 2.24) is 5.32 Å². The summed E-state index contributed by atoms with van der Waals surface area (Å²) in [6.45, 7) is 2.28. The summed E-state index contributed by atoms with van der Waals surface area (Å²) in [6, 6.07) is 10.4. The second-order valence-electron chi connectivity index (χ2n) is 5.90. The Morgan fingerprint density at radius 2 is 2.11 bits per heavy atom. The van der Waals surface area contributed by atoms with Crippen molar-refractivity contribution in [1.29, 1.82) is 0 Å². The molecular formula is C17H25NS. The normalized spacial score (nSPS) is 30.3. The van der Waals surface area contributed by atoms with Crippen LogP contribution in [-0.4, -0.2) is 17.0 Å². The molecule has 104 valence electrons. The molecule has 0 amide bonds. The summed E-state index contributed by atoms with van der Waals surface area (Å²) in [5.41, 5.74) is 3.14. The molecule has 1 fully saturated rings. The van der Waals surface area contributed by atoms with Gasteiger partial charge >= 0.3 is 0 Å². The Kier molecular flexibility index (Phi) is 4.49. The highest BCUT2D eigenvalue weighted by Gasteiger charge is 2.28. The summed E-state index contributed by atoms with van der Waals surface area (Å²) in [5, 5.41) is 4.85. The smallest absolute Gasteiger partial charge is 0.0325 e. The quantitative estimate of drug-likeness (QED) is 0.878. The van der Waals surface area contributed by atoms with Crippen LogP contribution in [0.4, 0.5) is 0 Å². The maximum Gasteiger partial charge on any atom is 0.0325 e. The Morgan fingerprint density at radius 1 is 1.21 bits per heavy atom. The summed E-state index contributed by atoms with van der Waals surface area (Å²) in [6.07, 6.45) is 8.08. The van der Waals surface area contributed by atoms with E-state index in [2.05, 4.69) is 48.3 Å². The van der Waals surface area contributed by atoms with E-state index in [1.807, 2.05) is 0 Å². The molecule has 1 nitrogen and oxygen atoms in total. The van der Waals surface area contributed by atoms with Gasteiger partial charge in [0, 0.05) is 17.3 Å². The highest BCUT2D eigenvalue weighted by Crippen LogP contribution is 2.34. The fourth-order valence-electron chi connectivity index (χ4n) is 3.69. The lowest BCUT2D eigenvalue weighted by atomic mass is 9.87. The SMILES string of the molecule is CCSC1CCC(NC2CCCc3ccccc32)C1. The molecule has 1 N–H and O–H groups in total. The molecule has 1 aromatic rings. The van der Waals surface area contributed by atoms with Crippen molar-refractivity contribution in [2.45, 2.75) is 62.8 Å². The van der Waals surface area contributed by atoms with Gasteiger partial charge < -0.3 is 5.32 Å². The third-order valence-electron chi connectivity index (χ3n) is 4.59. The lowest BCUT2D eigenvalue weighted by Crippen LogP contribution is -2.33. The molecule has 3 rings (SSSR count). The maximum atomic E-state index is 3.95. The number of hydrogen-bond donors (Lipinski definition) is 1. The largest absolute Gasteiger partial charge is 0.307 e. The van der Waals surface area contributed by atoms with Crippen LogP contribution in [0.3, 0.4) is 0 Å². The summed E-state index contributed by atoms with van der Waals surface area (Å²) in [7, 11) is 0. The molecule has 0 bridgehead atoms. The van der Waals surface area contributed by atoms with Crippen molar-refractivity contribution < 1.29 is 0 Å². The van der Waals surface area contributed by atoms with Crippen LogP contribution in [0.15, 0.2) is 24.3 Å². The van der Waals surface area contributed by atoms with E-state index in [1.54, 1.807) is 11.1 Å². The Morgan fingerprint density at radius 3 is 3.00 bits per heavy atom. The first-order chi connectivity index (χ1) is 9.36. The molecule has 0 radical (unpaired) electrons. The fourth-order valence-corrected chi connectivity index (χ4v) is 4.83. The molecule has 2 aliphatic rings. The first-order valence-corrected chi connectivity index (χ1v) is 8.87. The van der Waals surface area contributed by atoms with E-state index in [1.165, 1.54) is 44.3 Å². The van der Waals surface area contributed by atoms with Gasteiger partial charge in [-0.25, -0.2) is 0 Å². The Hall–Kier alpha value is -0.470. The zero-order valence-electron chi connectivity index (χ0n) is 11.9. The summed E-state index contributed by atoms with van der Waals surface area (Å²) in [4.78, 5) is 0. The molecule has 19 heavy (non-hydrogen) atoms. The van der Waals surface area contributed by atoms with Gasteiger partial charge in [-0.2, -0.15) is 11.8 Å². The molecule has 0 saturated heterocycles. The van der Waals surface area contributed by atoms with E-state index in [0.29, 0.717) is 6.04 Å². The number of hydrogen-bond acceptors (Lipinski definition) is 2. The Labute approximate surface area is 121 Å². The van der Waals surface area contributed by atoms with E-state index in [0.717, 1.165) is 11.3 Å². The van der Waals surface area contributed by atoms with Gasteiger partial charge in [-0.3, -0.25) is 0 Å². The van der Waals surface area contributed by atoms with Gasteiger partial charge in [-0.1, -0.05) is 31.2 Å². The zero-order chi connectivity index (χ0) is 13.1. The van der Waals surface area contributed by atoms with Crippen molar-refractivity contribution >= 4 is 11.8 Å². The van der Waals surface area contributed by atoms with Crippen molar-refractivity contribution in [3.05, 3.63) is 35.4 Å². The number of benzene rings is 1. The van der Waals surface area contributed by atoms with E-state index >= 15 is 0 Å². The van der Waals surface area contributed by atoms with E-state index < -0.39 is 0 Å². The highest BCUT2D eigenvalue weighted by molar-refractivity contribution is 7.99. The molecule has 2 heteroatoms. The minimum absolute atomic E-state index is 0.611. The monoisotopic (exact) mass is 275 g/mol. The van der Waals surface area contributed by atoms with Crippen LogP contribution >= 0.6 is 11.8 Å². The number of thioether (sulfide) groups is 1. The molecule has 2 aliphatic carbocycles. The summed E-state index contributed by atoms with van der Waals surface area (Å²) < 4.78 is 0. The molecule has 0 aromatic heterocycles. The minimum atomic E-state index is 0.611. The van der Waals surface area contributed by atoms with Crippen LogP contribution in [0.2, 0.25) is 0 Å². The van der Waals surface area contributed by atoms with Crippen LogP contribution in [0.5, 0.6) is 0 Å². The summed E-state index contributed by atoms with van der Waals surface area (Å²) >= 11 is 2.15. The lowest BCUT2D eigenvalue weighted by Gasteiger charge is -2.29. The third kappa shape index (κ3) is 3.17. The fraction of sp³-hybridized carbons (Fsp3) is 0.647. The van der Waals surface area contributed by atoms with Gasteiger partial charge in [-0.15, -0.1) is 0 Å². The van der Waals surface area contributed by atoms with Gasteiger partial charge in [0.2, 0.25) is 0 Å². The molecule has 3 unspecified atom stereocenters. The van der Waals surface area contributed by atoms with Crippen molar-refractivity contribution in [3.63, 3.8) is 0 Å². The third-order valence-corrected chi connectivity index (χ3v) is 5.83. The molecular weight excluding hydrogens is 250 g/mol. The van der Waals surface area contributed by atoms with Gasteiger partial charge in [0.1, 0.15) is 0 Å². The Bertz CT molecular complexity index is 417. The molecule has 3 atom stereocenters.